The molecule has 0 spiro atoms. The minimum absolute atomic E-state index is 0.0549. The van der Waals surface area contributed by atoms with E-state index in [-0.39, 0.29) is 22.2 Å². The molecule has 0 saturated heterocycles. The predicted molar refractivity (Wildman–Crippen MR) is 84.8 cm³/mol. The van der Waals surface area contributed by atoms with Crippen molar-refractivity contribution in [1.82, 2.24) is 10.6 Å². The summed E-state index contributed by atoms with van der Waals surface area (Å²) in [6.45, 7) is 3.41. The van der Waals surface area contributed by atoms with E-state index in [2.05, 4.69) is 5.32 Å². The van der Waals surface area contributed by atoms with Crippen LogP contribution in [0.2, 0.25) is 5.02 Å². The molecule has 0 saturated carbocycles. The van der Waals surface area contributed by atoms with Crippen LogP contribution in [-0.4, -0.2) is 36.0 Å². The average Bonchev–Trinajstić information content (AvgIpc) is 2.50. The number of carbonyl (C=O) groups excluding carboxylic acids is 3. The molecule has 9 nitrogen and oxygen atoms in total. The number of nitrogens with one attached hydrogen (secondary N) is 2. The van der Waals surface area contributed by atoms with Gasteiger partial charge in [0.05, 0.1) is 15.5 Å². The van der Waals surface area contributed by atoms with Crippen LogP contribution in [0.5, 0.6) is 0 Å². The Morgan fingerprint density at radius 2 is 2.00 bits per heavy atom. The number of amides is 3. The van der Waals surface area contributed by atoms with Gasteiger partial charge in [0.2, 0.25) is 0 Å². The van der Waals surface area contributed by atoms with E-state index in [4.69, 9.17) is 16.3 Å². The van der Waals surface area contributed by atoms with Gasteiger partial charge in [-0.15, -0.1) is 0 Å². The number of esters is 1. The molecule has 0 aliphatic rings. The summed E-state index contributed by atoms with van der Waals surface area (Å²) in [7, 11) is 0. The number of nitro benzene ring substituents is 1. The molecule has 0 heterocycles. The number of hydrogen-bond acceptors (Lipinski definition) is 6. The third-order valence-electron chi connectivity index (χ3n) is 2.64. The molecule has 0 fully saturated rings. The Hall–Kier alpha value is -2.68. The number of hydrogen-bond donors (Lipinski definition) is 2. The van der Waals surface area contributed by atoms with E-state index in [9.17, 15) is 24.5 Å². The third kappa shape index (κ3) is 6.21. The van der Waals surface area contributed by atoms with Gasteiger partial charge in [0.1, 0.15) is 0 Å². The Bertz CT molecular complexity index is 662. The fourth-order valence-corrected chi connectivity index (χ4v) is 1.69. The molecule has 1 rings (SSSR count). The SMILES string of the molecule is CC(C)CNC(=O)NC(=O)COC(=O)c1cc([N+](=O)[O-])ccc1Cl. The van der Waals surface area contributed by atoms with Crippen molar-refractivity contribution in [3.05, 3.63) is 38.9 Å². The molecule has 1 aromatic rings. The van der Waals surface area contributed by atoms with Gasteiger partial charge in [0.25, 0.3) is 11.6 Å². The van der Waals surface area contributed by atoms with Gasteiger partial charge >= 0.3 is 12.0 Å². The van der Waals surface area contributed by atoms with Gasteiger partial charge in [-0.2, -0.15) is 0 Å². The first-order valence-corrected chi connectivity index (χ1v) is 7.27. The molecule has 10 heteroatoms. The molecular formula is C14H16ClN3O6. The summed E-state index contributed by atoms with van der Waals surface area (Å²) in [5, 5.41) is 15.1. The van der Waals surface area contributed by atoms with E-state index < -0.39 is 29.4 Å². The molecule has 0 aliphatic carbocycles. The number of nitrogens with zero attached hydrogens (tertiary/aromatic N) is 1. The van der Waals surface area contributed by atoms with Gasteiger partial charge in [0, 0.05) is 18.7 Å². The highest BCUT2D eigenvalue weighted by atomic mass is 35.5. The van der Waals surface area contributed by atoms with Crippen molar-refractivity contribution in [2.75, 3.05) is 13.2 Å². The maximum atomic E-state index is 11.8. The van der Waals surface area contributed by atoms with Crippen molar-refractivity contribution in [2.45, 2.75) is 13.8 Å². The Morgan fingerprint density at radius 1 is 1.33 bits per heavy atom. The predicted octanol–water partition coefficient (Wildman–Crippen LogP) is 1.89. The minimum Gasteiger partial charge on any atom is -0.452 e. The second-order valence-corrected chi connectivity index (χ2v) is 5.56. The van der Waals surface area contributed by atoms with Crippen molar-refractivity contribution in [2.24, 2.45) is 5.92 Å². The summed E-state index contributed by atoms with van der Waals surface area (Å²) < 4.78 is 4.69. The molecule has 0 radical (unpaired) electrons. The molecule has 0 atom stereocenters. The highest BCUT2D eigenvalue weighted by Crippen LogP contribution is 2.22. The van der Waals surface area contributed by atoms with Crippen LogP contribution in [0.1, 0.15) is 24.2 Å². The quantitative estimate of drug-likeness (QED) is 0.454. The Kier molecular flexibility index (Phi) is 7.12. The summed E-state index contributed by atoms with van der Waals surface area (Å²) in [4.78, 5) is 44.7. The first-order chi connectivity index (χ1) is 11.2. The summed E-state index contributed by atoms with van der Waals surface area (Å²) in [5.74, 6) is -1.65. The molecule has 0 unspecified atom stereocenters. The highest BCUT2D eigenvalue weighted by Gasteiger charge is 2.18. The van der Waals surface area contributed by atoms with Gasteiger partial charge in [0.15, 0.2) is 6.61 Å². The monoisotopic (exact) mass is 357 g/mol. The molecule has 2 N–H and O–H groups in total. The van der Waals surface area contributed by atoms with Crippen LogP contribution in [0.3, 0.4) is 0 Å². The zero-order chi connectivity index (χ0) is 18.3. The standard InChI is InChI=1S/C14H16ClN3O6/c1-8(2)6-16-14(21)17-12(19)7-24-13(20)10-5-9(18(22)23)3-4-11(10)15/h3-5,8H,6-7H2,1-2H3,(H2,16,17,19,21). The third-order valence-corrected chi connectivity index (χ3v) is 2.97. The minimum atomic E-state index is -1.01. The van der Waals surface area contributed by atoms with Gasteiger partial charge in [-0.3, -0.25) is 20.2 Å². The molecule has 24 heavy (non-hydrogen) atoms. The van der Waals surface area contributed by atoms with Gasteiger partial charge in [-0.1, -0.05) is 25.4 Å². The summed E-state index contributed by atoms with van der Waals surface area (Å²) in [6.07, 6.45) is 0. The van der Waals surface area contributed by atoms with Gasteiger partial charge in [-0.05, 0) is 12.0 Å². The largest absolute Gasteiger partial charge is 0.452 e. The lowest BCUT2D eigenvalue weighted by Gasteiger charge is -2.09. The van der Waals surface area contributed by atoms with E-state index >= 15 is 0 Å². The number of halogens is 1. The van der Waals surface area contributed by atoms with Gasteiger partial charge < -0.3 is 10.1 Å². The first-order valence-electron chi connectivity index (χ1n) is 6.89. The maximum absolute atomic E-state index is 11.8. The number of rotatable bonds is 6. The molecule has 3 amide bonds. The molecule has 0 bridgehead atoms. The normalized spacial score (nSPS) is 10.2. The van der Waals surface area contributed by atoms with E-state index in [1.807, 2.05) is 19.2 Å². The second kappa shape index (κ2) is 8.82. The zero-order valence-electron chi connectivity index (χ0n) is 13.0. The topological polar surface area (TPSA) is 128 Å². The highest BCUT2D eigenvalue weighted by molar-refractivity contribution is 6.33. The Balaban J connectivity index is 2.57. The fourth-order valence-electron chi connectivity index (χ4n) is 1.50. The number of urea groups is 1. The van der Waals surface area contributed by atoms with Crippen molar-refractivity contribution in [3.63, 3.8) is 0 Å². The molecule has 130 valence electrons. The van der Waals surface area contributed by atoms with E-state index in [0.29, 0.717) is 6.54 Å². The number of ether oxygens (including phenoxy) is 1. The second-order valence-electron chi connectivity index (χ2n) is 5.15. The van der Waals surface area contributed by atoms with Crippen LogP contribution in [0.25, 0.3) is 0 Å². The van der Waals surface area contributed by atoms with Crippen LogP contribution in [-0.2, 0) is 9.53 Å². The molecule has 0 aliphatic heterocycles. The Morgan fingerprint density at radius 3 is 2.58 bits per heavy atom. The molecule has 0 aromatic heterocycles. The summed E-state index contributed by atoms with van der Waals surface area (Å²) >= 11 is 5.78. The van der Waals surface area contributed by atoms with Crippen molar-refractivity contribution >= 4 is 35.2 Å². The zero-order valence-corrected chi connectivity index (χ0v) is 13.8. The van der Waals surface area contributed by atoms with Crippen LogP contribution in [0.4, 0.5) is 10.5 Å². The smallest absolute Gasteiger partial charge is 0.340 e. The van der Waals surface area contributed by atoms with Crippen molar-refractivity contribution < 1.29 is 24.0 Å². The van der Waals surface area contributed by atoms with Crippen molar-refractivity contribution in [1.29, 1.82) is 0 Å². The van der Waals surface area contributed by atoms with E-state index in [1.165, 1.54) is 6.07 Å². The molecule has 1 aromatic carbocycles. The number of imide groups is 1. The number of carbonyl (C=O) groups is 3. The number of nitro groups is 1. The van der Waals surface area contributed by atoms with E-state index in [0.717, 1.165) is 12.1 Å². The average molecular weight is 358 g/mol. The lowest BCUT2D eigenvalue weighted by molar-refractivity contribution is -0.384. The fraction of sp³-hybridized carbons (Fsp3) is 0.357. The summed E-state index contributed by atoms with van der Waals surface area (Å²) in [6, 6.07) is 2.54. The first kappa shape index (κ1) is 19.4. The van der Waals surface area contributed by atoms with Gasteiger partial charge in [-0.25, -0.2) is 9.59 Å². The molecular weight excluding hydrogens is 342 g/mol. The lowest BCUT2D eigenvalue weighted by Crippen LogP contribution is -2.42. The Labute approximate surface area is 142 Å². The van der Waals surface area contributed by atoms with E-state index in [1.54, 1.807) is 0 Å². The van der Waals surface area contributed by atoms with Crippen LogP contribution >= 0.6 is 11.6 Å². The van der Waals surface area contributed by atoms with Crippen LogP contribution < -0.4 is 10.6 Å². The number of non-ortho nitro benzene ring substituents is 1. The number of benzene rings is 1. The van der Waals surface area contributed by atoms with Crippen molar-refractivity contribution in [3.8, 4) is 0 Å². The lowest BCUT2D eigenvalue weighted by atomic mass is 10.2. The van der Waals surface area contributed by atoms with Crippen LogP contribution in [0, 0.1) is 16.0 Å². The maximum Gasteiger partial charge on any atom is 0.340 e. The summed E-state index contributed by atoms with van der Waals surface area (Å²) in [5.41, 5.74) is -0.591. The van der Waals surface area contributed by atoms with Crippen LogP contribution in [0.15, 0.2) is 18.2 Å².